The standard InChI is InChI=1S/C28H31N3O2/c1-21(2)22-13-15-25(16-14-22)29-27(32)28(33)31-19-17-30(18-20-31)26(23-9-5-3-6-10-23)24-11-7-4-8-12-24/h3-16,21,26H,17-20H2,1-2H3,(H,29,32). The summed E-state index contributed by atoms with van der Waals surface area (Å²) in [4.78, 5) is 29.4. The zero-order valence-corrected chi connectivity index (χ0v) is 19.3. The first kappa shape index (κ1) is 22.7. The average molecular weight is 442 g/mol. The maximum atomic E-state index is 12.8. The molecule has 0 radical (unpaired) electrons. The predicted octanol–water partition coefficient (Wildman–Crippen LogP) is 4.68. The molecule has 1 aliphatic rings. The number of rotatable bonds is 5. The minimum absolute atomic E-state index is 0.123. The molecule has 1 saturated heterocycles. The van der Waals surface area contributed by atoms with Crippen molar-refractivity contribution >= 4 is 17.5 Å². The molecule has 1 N–H and O–H groups in total. The van der Waals surface area contributed by atoms with Crippen LogP contribution < -0.4 is 5.32 Å². The lowest BCUT2D eigenvalue weighted by atomic mass is 9.96. The van der Waals surface area contributed by atoms with Gasteiger partial charge in [0.2, 0.25) is 0 Å². The van der Waals surface area contributed by atoms with Gasteiger partial charge in [0.05, 0.1) is 6.04 Å². The molecule has 1 aliphatic heterocycles. The molecule has 0 unspecified atom stereocenters. The number of benzene rings is 3. The van der Waals surface area contributed by atoms with Crippen LogP contribution in [0.4, 0.5) is 5.69 Å². The smallest absolute Gasteiger partial charge is 0.313 e. The van der Waals surface area contributed by atoms with Crippen LogP contribution in [0.1, 0.15) is 42.5 Å². The van der Waals surface area contributed by atoms with Gasteiger partial charge in [-0.2, -0.15) is 0 Å². The summed E-state index contributed by atoms with van der Waals surface area (Å²) in [5, 5.41) is 2.75. The molecule has 170 valence electrons. The van der Waals surface area contributed by atoms with E-state index in [1.54, 1.807) is 4.90 Å². The van der Waals surface area contributed by atoms with Crippen molar-refractivity contribution in [2.45, 2.75) is 25.8 Å². The highest BCUT2D eigenvalue weighted by Gasteiger charge is 2.30. The summed E-state index contributed by atoms with van der Waals surface area (Å²) in [6.45, 7) is 6.70. The van der Waals surface area contributed by atoms with E-state index in [1.165, 1.54) is 16.7 Å². The third-order valence-electron chi connectivity index (χ3n) is 6.23. The Hall–Kier alpha value is -3.44. The van der Waals surface area contributed by atoms with Crippen LogP contribution in [-0.2, 0) is 9.59 Å². The van der Waals surface area contributed by atoms with Crippen LogP contribution >= 0.6 is 0 Å². The lowest BCUT2D eigenvalue weighted by Gasteiger charge is -2.39. The Labute approximate surface area is 196 Å². The van der Waals surface area contributed by atoms with Crippen molar-refractivity contribution in [3.8, 4) is 0 Å². The summed E-state index contributed by atoms with van der Waals surface area (Å²) in [5.74, 6) is -0.634. The number of carbonyl (C=O) groups excluding carboxylic acids is 2. The van der Waals surface area contributed by atoms with Crippen molar-refractivity contribution in [3.05, 3.63) is 102 Å². The summed E-state index contributed by atoms with van der Waals surface area (Å²) in [6, 6.07) is 28.7. The van der Waals surface area contributed by atoms with E-state index in [1.807, 2.05) is 36.4 Å². The van der Waals surface area contributed by atoms with Crippen LogP contribution in [-0.4, -0.2) is 47.8 Å². The number of carbonyl (C=O) groups is 2. The normalized spacial score (nSPS) is 14.5. The molecular formula is C28H31N3O2. The summed E-state index contributed by atoms with van der Waals surface area (Å²) in [5.41, 5.74) is 4.29. The van der Waals surface area contributed by atoms with Crippen molar-refractivity contribution in [2.75, 3.05) is 31.5 Å². The number of anilines is 1. The molecular weight excluding hydrogens is 410 g/mol. The van der Waals surface area contributed by atoms with Crippen LogP contribution in [0, 0.1) is 0 Å². The lowest BCUT2D eigenvalue weighted by Crippen LogP contribution is -2.52. The number of piperazine rings is 1. The predicted molar refractivity (Wildman–Crippen MR) is 132 cm³/mol. The molecule has 3 aromatic carbocycles. The molecule has 1 fully saturated rings. The topological polar surface area (TPSA) is 52.7 Å². The second kappa shape index (κ2) is 10.5. The summed E-state index contributed by atoms with van der Waals surface area (Å²) in [7, 11) is 0. The van der Waals surface area contributed by atoms with E-state index in [2.05, 4.69) is 72.6 Å². The van der Waals surface area contributed by atoms with Crippen LogP contribution in [0.2, 0.25) is 0 Å². The number of nitrogens with zero attached hydrogens (tertiary/aromatic N) is 2. The molecule has 0 atom stereocenters. The molecule has 5 heteroatoms. The summed E-state index contributed by atoms with van der Waals surface area (Å²) >= 11 is 0. The van der Waals surface area contributed by atoms with Crippen molar-refractivity contribution in [3.63, 3.8) is 0 Å². The Bertz CT molecular complexity index is 1020. The fourth-order valence-corrected chi connectivity index (χ4v) is 4.35. The van der Waals surface area contributed by atoms with Gasteiger partial charge in [0.25, 0.3) is 0 Å². The Balaban J connectivity index is 1.39. The van der Waals surface area contributed by atoms with E-state index in [9.17, 15) is 9.59 Å². The largest absolute Gasteiger partial charge is 0.332 e. The first-order chi connectivity index (χ1) is 16.0. The Morgan fingerprint density at radius 1 is 0.697 bits per heavy atom. The van der Waals surface area contributed by atoms with Crippen molar-refractivity contribution in [1.82, 2.24) is 9.80 Å². The van der Waals surface area contributed by atoms with Gasteiger partial charge < -0.3 is 10.2 Å². The third kappa shape index (κ3) is 5.49. The van der Waals surface area contributed by atoms with Gasteiger partial charge in [-0.3, -0.25) is 14.5 Å². The van der Waals surface area contributed by atoms with E-state index in [4.69, 9.17) is 0 Å². The van der Waals surface area contributed by atoms with E-state index >= 15 is 0 Å². The van der Waals surface area contributed by atoms with E-state index in [0.29, 0.717) is 37.8 Å². The van der Waals surface area contributed by atoms with Crippen molar-refractivity contribution in [2.24, 2.45) is 0 Å². The van der Waals surface area contributed by atoms with Gasteiger partial charge in [-0.05, 0) is 34.7 Å². The van der Waals surface area contributed by atoms with Crippen LogP contribution in [0.3, 0.4) is 0 Å². The van der Waals surface area contributed by atoms with Gasteiger partial charge >= 0.3 is 11.8 Å². The highest BCUT2D eigenvalue weighted by atomic mass is 16.2. The first-order valence-corrected chi connectivity index (χ1v) is 11.6. The molecule has 0 aromatic heterocycles. The van der Waals surface area contributed by atoms with Gasteiger partial charge in [0.15, 0.2) is 0 Å². The first-order valence-electron chi connectivity index (χ1n) is 11.6. The highest BCUT2D eigenvalue weighted by molar-refractivity contribution is 6.39. The molecule has 2 amide bonds. The number of hydrogen-bond acceptors (Lipinski definition) is 3. The molecule has 0 spiro atoms. The molecule has 33 heavy (non-hydrogen) atoms. The maximum Gasteiger partial charge on any atom is 0.313 e. The van der Waals surface area contributed by atoms with Gasteiger partial charge in [-0.15, -0.1) is 0 Å². The van der Waals surface area contributed by atoms with Crippen molar-refractivity contribution in [1.29, 1.82) is 0 Å². The van der Waals surface area contributed by atoms with E-state index in [0.717, 1.165) is 0 Å². The monoisotopic (exact) mass is 441 g/mol. The second-order valence-electron chi connectivity index (χ2n) is 8.78. The molecule has 0 aliphatic carbocycles. The quantitative estimate of drug-likeness (QED) is 0.585. The fraction of sp³-hybridized carbons (Fsp3) is 0.286. The number of nitrogens with one attached hydrogen (secondary N) is 1. The minimum atomic E-state index is -0.580. The van der Waals surface area contributed by atoms with E-state index < -0.39 is 11.8 Å². The molecule has 0 bridgehead atoms. The third-order valence-corrected chi connectivity index (χ3v) is 6.23. The zero-order valence-electron chi connectivity index (χ0n) is 19.3. The minimum Gasteiger partial charge on any atom is -0.332 e. The molecule has 1 heterocycles. The van der Waals surface area contributed by atoms with Gasteiger partial charge in [-0.25, -0.2) is 0 Å². The molecule has 4 rings (SSSR count). The molecule has 3 aromatic rings. The molecule has 5 nitrogen and oxygen atoms in total. The van der Waals surface area contributed by atoms with E-state index in [-0.39, 0.29) is 6.04 Å². The lowest BCUT2D eigenvalue weighted by molar-refractivity contribution is -0.144. The summed E-state index contributed by atoms with van der Waals surface area (Å²) < 4.78 is 0. The summed E-state index contributed by atoms with van der Waals surface area (Å²) in [6.07, 6.45) is 0. The zero-order chi connectivity index (χ0) is 23.2. The van der Waals surface area contributed by atoms with Crippen LogP contribution in [0.5, 0.6) is 0 Å². The van der Waals surface area contributed by atoms with Gasteiger partial charge in [0, 0.05) is 31.9 Å². The van der Waals surface area contributed by atoms with Crippen LogP contribution in [0.15, 0.2) is 84.9 Å². The van der Waals surface area contributed by atoms with Crippen LogP contribution in [0.25, 0.3) is 0 Å². The average Bonchev–Trinajstić information content (AvgIpc) is 2.86. The maximum absolute atomic E-state index is 12.8. The second-order valence-corrected chi connectivity index (χ2v) is 8.78. The highest BCUT2D eigenvalue weighted by Crippen LogP contribution is 2.29. The Kier molecular flexibility index (Phi) is 7.20. The number of amides is 2. The van der Waals surface area contributed by atoms with Gasteiger partial charge in [0.1, 0.15) is 0 Å². The van der Waals surface area contributed by atoms with Crippen molar-refractivity contribution < 1.29 is 9.59 Å². The SMILES string of the molecule is CC(C)c1ccc(NC(=O)C(=O)N2CCN(C(c3ccccc3)c3ccccc3)CC2)cc1. The fourth-order valence-electron chi connectivity index (χ4n) is 4.35. The number of hydrogen-bond donors (Lipinski definition) is 1. The Morgan fingerprint density at radius 2 is 1.21 bits per heavy atom. The Morgan fingerprint density at radius 3 is 1.70 bits per heavy atom. The van der Waals surface area contributed by atoms with Gasteiger partial charge in [-0.1, -0.05) is 86.6 Å². The molecule has 0 saturated carbocycles.